The smallest absolute Gasteiger partial charge is 0.181 e. The highest BCUT2D eigenvalue weighted by Crippen LogP contribution is 2.30. The predicted octanol–water partition coefficient (Wildman–Crippen LogP) is 4.44. The first-order valence-electron chi connectivity index (χ1n) is 6.85. The molecule has 1 aromatic carbocycles. The Bertz CT molecular complexity index is 800. The lowest BCUT2D eigenvalue weighted by Gasteiger charge is -2.14. The molecule has 6 heteroatoms. The summed E-state index contributed by atoms with van der Waals surface area (Å²) < 4.78 is 1.87. The summed E-state index contributed by atoms with van der Waals surface area (Å²) >= 11 is 2.45. The maximum absolute atomic E-state index is 9.02. The van der Waals surface area contributed by atoms with Gasteiger partial charge in [0, 0.05) is 28.7 Å². The lowest BCUT2D eigenvalue weighted by Crippen LogP contribution is -1.99. The number of halogens is 1. The van der Waals surface area contributed by atoms with Crippen LogP contribution < -0.4 is 5.32 Å². The molecule has 0 fully saturated rings. The van der Waals surface area contributed by atoms with Gasteiger partial charge in [0.2, 0.25) is 0 Å². The van der Waals surface area contributed by atoms with Crippen LogP contribution >= 0.6 is 15.9 Å². The van der Waals surface area contributed by atoms with Crippen LogP contribution in [0, 0.1) is 33.0 Å². The van der Waals surface area contributed by atoms with E-state index in [2.05, 4.69) is 47.2 Å². The monoisotopic (exact) mass is 369 g/mol. The number of aromatic nitrogens is 1. The molecule has 0 aliphatic carbocycles. The van der Waals surface area contributed by atoms with Crippen LogP contribution in [0.2, 0.25) is 0 Å². The molecule has 0 unspecified atom stereocenters. The number of anilines is 1. The maximum Gasteiger partial charge on any atom is 0.181 e. The SMILES string of the molecule is CC(C)c1cc(-c2ccc(C#N)n2C)ccc1NC#N.N#CBr. The summed E-state index contributed by atoms with van der Waals surface area (Å²) in [4.78, 5) is 1.56. The summed E-state index contributed by atoms with van der Waals surface area (Å²) in [6.07, 6.45) is 1.96. The van der Waals surface area contributed by atoms with Crippen molar-refractivity contribution >= 4 is 21.6 Å². The third kappa shape index (κ3) is 4.36. The molecule has 0 bridgehead atoms. The van der Waals surface area contributed by atoms with E-state index in [1.807, 2.05) is 42.1 Å². The molecule has 1 N–H and O–H groups in total. The first-order valence-corrected chi connectivity index (χ1v) is 7.64. The normalized spacial score (nSPS) is 9.13. The van der Waals surface area contributed by atoms with E-state index in [0.29, 0.717) is 11.6 Å². The fourth-order valence-corrected chi connectivity index (χ4v) is 2.29. The Labute approximate surface area is 144 Å². The zero-order valence-electron chi connectivity index (χ0n) is 13.1. The Kier molecular flexibility index (Phi) is 6.87. The summed E-state index contributed by atoms with van der Waals surface area (Å²) in [6.45, 7) is 4.18. The average molecular weight is 370 g/mol. The van der Waals surface area contributed by atoms with Crippen molar-refractivity contribution in [2.75, 3.05) is 5.32 Å². The summed E-state index contributed by atoms with van der Waals surface area (Å²) in [7, 11) is 1.88. The summed E-state index contributed by atoms with van der Waals surface area (Å²) in [6, 6.07) is 11.9. The van der Waals surface area contributed by atoms with E-state index in [9.17, 15) is 0 Å². The van der Waals surface area contributed by atoms with Crippen LogP contribution in [0.25, 0.3) is 11.3 Å². The van der Waals surface area contributed by atoms with Crippen molar-refractivity contribution in [3.8, 4) is 28.5 Å². The lowest BCUT2D eigenvalue weighted by atomic mass is 9.97. The number of nitriles is 3. The Morgan fingerprint density at radius 3 is 2.26 bits per heavy atom. The quantitative estimate of drug-likeness (QED) is 0.639. The van der Waals surface area contributed by atoms with E-state index >= 15 is 0 Å². The summed E-state index contributed by atoms with van der Waals surface area (Å²) in [5.41, 5.74) is 4.59. The molecule has 0 spiro atoms. The highest BCUT2D eigenvalue weighted by atomic mass is 79.9. The molecule has 0 saturated carbocycles. The number of hydrogen-bond acceptors (Lipinski definition) is 4. The number of hydrogen-bond donors (Lipinski definition) is 1. The zero-order chi connectivity index (χ0) is 17.4. The molecule has 2 aromatic rings. The summed E-state index contributed by atoms with van der Waals surface area (Å²) in [5.74, 6) is 0.307. The number of nitrogens with one attached hydrogen (secondary N) is 1. The minimum absolute atomic E-state index is 0.307. The van der Waals surface area contributed by atoms with Gasteiger partial charge in [-0.3, -0.25) is 5.32 Å². The van der Waals surface area contributed by atoms with E-state index in [1.54, 1.807) is 4.98 Å². The second-order valence-electron chi connectivity index (χ2n) is 5.05. The minimum atomic E-state index is 0.307. The van der Waals surface area contributed by atoms with Crippen LogP contribution in [0.4, 0.5) is 5.69 Å². The Balaban J connectivity index is 0.000000816. The van der Waals surface area contributed by atoms with Gasteiger partial charge >= 0.3 is 0 Å². The van der Waals surface area contributed by atoms with Crippen LogP contribution in [0.3, 0.4) is 0 Å². The van der Waals surface area contributed by atoms with Crippen molar-refractivity contribution in [1.82, 2.24) is 4.57 Å². The van der Waals surface area contributed by atoms with Gasteiger partial charge in [-0.25, -0.2) is 0 Å². The standard InChI is InChI=1S/C16H16N4.CBrN/c1-11(2)14-8-12(4-6-15(14)19-10-18)16-7-5-13(9-17)20(16)3;2-1-3/h4-8,11,19H,1-3H3;. The van der Waals surface area contributed by atoms with Crippen molar-refractivity contribution in [3.05, 3.63) is 41.6 Å². The molecule has 116 valence electrons. The van der Waals surface area contributed by atoms with Crippen molar-refractivity contribution in [1.29, 1.82) is 15.8 Å². The summed E-state index contributed by atoms with van der Waals surface area (Å²) in [5, 5.41) is 27.8. The molecule has 0 saturated heterocycles. The van der Waals surface area contributed by atoms with Crippen LogP contribution in [-0.2, 0) is 7.05 Å². The van der Waals surface area contributed by atoms with Gasteiger partial charge in [-0.05, 0) is 41.3 Å². The van der Waals surface area contributed by atoms with Gasteiger partial charge < -0.3 is 4.57 Å². The molecular formula is C17H16BrN5. The first-order chi connectivity index (χ1) is 11.0. The van der Waals surface area contributed by atoms with Gasteiger partial charge in [-0.1, -0.05) is 19.9 Å². The minimum Gasteiger partial charge on any atom is -0.335 e. The van der Waals surface area contributed by atoms with Gasteiger partial charge in [0.05, 0.1) is 5.69 Å². The van der Waals surface area contributed by atoms with E-state index in [0.717, 1.165) is 22.5 Å². The van der Waals surface area contributed by atoms with Crippen molar-refractivity contribution in [2.24, 2.45) is 7.05 Å². The zero-order valence-corrected chi connectivity index (χ0v) is 14.7. The Hall–Kier alpha value is -2.75. The number of nitrogens with zero attached hydrogens (tertiary/aromatic N) is 4. The Morgan fingerprint density at radius 1 is 1.13 bits per heavy atom. The van der Waals surface area contributed by atoms with Gasteiger partial charge in [-0.2, -0.15) is 15.8 Å². The van der Waals surface area contributed by atoms with Crippen LogP contribution in [0.5, 0.6) is 0 Å². The molecule has 5 nitrogen and oxygen atoms in total. The number of benzene rings is 1. The molecule has 0 aliphatic rings. The molecule has 0 amide bonds. The molecule has 1 heterocycles. The molecule has 23 heavy (non-hydrogen) atoms. The molecule has 0 atom stereocenters. The van der Waals surface area contributed by atoms with Crippen molar-refractivity contribution in [3.63, 3.8) is 0 Å². The molecule has 0 radical (unpaired) electrons. The third-order valence-electron chi connectivity index (χ3n) is 3.40. The molecule has 1 aromatic heterocycles. The van der Waals surface area contributed by atoms with Crippen LogP contribution in [-0.4, -0.2) is 4.57 Å². The highest BCUT2D eigenvalue weighted by Gasteiger charge is 2.11. The largest absolute Gasteiger partial charge is 0.335 e. The molecular weight excluding hydrogens is 354 g/mol. The van der Waals surface area contributed by atoms with Gasteiger partial charge in [-0.15, -0.1) is 0 Å². The fraction of sp³-hybridized carbons (Fsp3) is 0.235. The third-order valence-corrected chi connectivity index (χ3v) is 3.40. The van der Waals surface area contributed by atoms with Crippen molar-refractivity contribution < 1.29 is 0 Å². The van der Waals surface area contributed by atoms with Gasteiger partial charge in [0.1, 0.15) is 16.7 Å². The molecule has 0 aliphatic heterocycles. The predicted molar refractivity (Wildman–Crippen MR) is 93.4 cm³/mol. The van der Waals surface area contributed by atoms with Crippen LogP contribution in [0.15, 0.2) is 30.3 Å². The second kappa shape index (κ2) is 8.63. The van der Waals surface area contributed by atoms with Gasteiger partial charge in [0.15, 0.2) is 6.19 Å². The topological polar surface area (TPSA) is 88.3 Å². The van der Waals surface area contributed by atoms with E-state index in [4.69, 9.17) is 15.8 Å². The van der Waals surface area contributed by atoms with Gasteiger partial charge in [0.25, 0.3) is 0 Å². The number of rotatable bonds is 3. The lowest BCUT2D eigenvalue weighted by molar-refractivity contribution is 0.867. The maximum atomic E-state index is 9.02. The highest BCUT2D eigenvalue weighted by molar-refractivity contribution is 9.12. The first kappa shape index (κ1) is 18.3. The van der Waals surface area contributed by atoms with E-state index < -0.39 is 0 Å². The van der Waals surface area contributed by atoms with Crippen molar-refractivity contribution in [2.45, 2.75) is 19.8 Å². The fourth-order valence-electron chi connectivity index (χ4n) is 2.29. The Morgan fingerprint density at radius 2 is 1.78 bits per heavy atom. The average Bonchev–Trinajstić information content (AvgIpc) is 2.89. The molecule has 2 rings (SSSR count). The second-order valence-corrected chi connectivity index (χ2v) is 5.41. The van der Waals surface area contributed by atoms with E-state index in [1.165, 1.54) is 0 Å². The van der Waals surface area contributed by atoms with E-state index in [-0.39, 0.29) is 0 Å². The van der Waals surface area contributed by atoms with Crippen LogP contribution in [0.1, 0.15) is 31.0 Å².